The summed E-state index contributed by atoms with van der Waals surface area (Å²) in [4.78, 5) is 12.2. The number of halogens is 3. The molecule has 168 valence electrons. The summed E-state index contributed by atoms with van der Waals surface area (Å²) in [7, 11) is 0. The topological polar surface area (TPSA) is 71.3 Å². The van der Waals surface area contributed by atoms with Gasteiger partial charge in [0, 0.05) is 20.7 Å². The minimum absolute atomic E-state index is 0.276. The standard InChI is InChI=1S/C25H19BrClFN2O3/c1-2-32-23-12-16(11-17(14-29)20-5-3-4-6-22(20)27)21(26)13-24(23)33-15-25(31)30-19-9-7-18(28)8-10-19/h3-13H,2,15H2,1H3,(H,30,31). The second-order valence-electron chi connectivity index (χ2n) is 6.75. The van der Waals surface area contributed by atoms with Crippen molar-refractivity contribution in [1.29, 1.82) is 5.26 Å². The Morgan fingerprint density at radius 3 is 2.52 bits per heavy atom. The van der Waals surface area contributed by atoms with Gasteiger partial charge in [-0.1, -0.05) is 45.7 Å². The van der Waals surface area contributed by atoms with Gasteiger partial charge < -0.3 is 14.8 Å². The van der Waals surface area contributed by atoms with Crippen molar-refractivity contribution in [3.05, 3.63) is 87.1 Å². The van der Waals surface area contributed by atoms with E-state index in [1.165, 1.54) is 24.3 Å². The number of nitrogens with one attached hydrogen (secondary N) is 1. The maximum absolute atomic E-state index is 13.0. The SMILES string of the molecule is CCOc1cc(C=C(C#N)c2ccccc2Cl)c(Br)cc1OCC(=O)Nc1ccc(F)cc1. The van der Waals surface area contributed by atoms with Crippen molar-refractivity contribution in [3.63, 3.8) is 0 Å². The van der Waals surface area contributed by atoms with Crippen molar-refractivity contribution in [3.8, 4) is 17.6 Å². The number of hydrogen-bond donors (Lipinski definition) is 1. The molecule has 0 saturated carbocycles. The van der Waals surface area contributed by atoms with Gasteiger partial charge in [-0.2, -0.15) is 5.26 Å². The lowest BCUT2D eigenvalue weighted by Gasteiger charge is -2.14. The number of carbonyl (C=O) groups is 1. The molecular formula is C25H19BrClFN2O3. The fourth-order valence-electron chi connectivity index (χ4n) is 2.92. The third-order valence-corrected chi connectivity index (χ3v) is 5.45. The number of carbonyl (C=O) groups excluding carboxylic acids is 1. The largest absolute Gasteiger partial charge is 0.490 e. The van der Waals surface area contributed by atoms with Crippen LogP contribution in [0.2, 0.25) is 5.02 Å². The average Bonchev–Trinajstić information content (AvgIpc) is 2.80. The van der Waals surface area contributed by atoms with Crippen LogP contribution < -0.4 is 14.8 Å². The Labute approximate surface area is 204 Å². The number of nitriles is 1. The van der Waals surface area contributed by atoms with Gasteiger partial charge in [-0.15, -0.1) is 0 Å². The highest BCUT2D eigenvalue weighted by atomic mass is 79.9. The molecule has 0 heterocycles. The first-order valence-electron chi connectivity index (χ1n) is 9.92. The lowest BCUT2D eigenvalue weighted by atomic mass is 10.0. The zero-order chi connectivity index (χ0) is 23.8. The van der Waals surface area contributed by atoms with Crippen LogP contribution in [0.4, 0.5) is 10.1 Å². The van der Waals surface area contributed by atoms with E-state index in [1.807, 2.05) is 6.92 Å². The van der Waals surface area contributed by atoms with Crippen LogP contribution in [-0.4, -0.2) is 19.1 Å². The molecule has 0 unspecified atom stereocenters. The summed E-state index contributed by atoms with van der Waals surface area (Å²) in [6.45, 7) is 1.92. The van der Waals surface area contributed by atoms with E-state index in [0.717, 1.165) is 0 Å². The molecule has 0 radical (unpaired) electrons. The van der Waals surface area contributed by atoms with Crippen LogP contribution in [0.25, 0.3) is 11.6 Å². The molecule has 33 heavy (non-hydrogen) atoms. The second kappa shape index (κ2) is 11.5. The zero-order valence-electron chi connectivity index (χ0n) is 17.6. The molecule has 0 saturated heterocycles. The van der Waals surface area contributed by atoms with Gasteiger partial charge in [-0.25, -0.2) is 4.39 Å². The maximum atomic E-state index is 13.0. The highest BCUT2D eigenvalue weighted by molar-refractivity contribution is 9.10. The van der Waals surface area contributed by atoms with E-state index in [0.29, 0.717) is 50.0 Å². The summed E-state index contributed by atoms with van der Waals surface area (Å²) in [6, 6.07) is 18.1. The lowest BCUT2D eigenvalue weighted by Crippen LogP contribution is -2.20. The molecule has 0 atom stereocenters. The summed E-state index contributed by atoms with van der Waals surface area (Å²) >= 11 is 9.73. The number of nitrogens with zero attached hydrogens (tertiary/aromatic N) is 1. The van der Waals surface area contributed by atoms with Crippen molar-refractivity contribution in [2.24, 2.45) is 0 Å². The fraction of sp³-hybridized carbons (Fsp3) is 0.120. The van der Waals surface area contributed by atoms with E-state index in [1.54, 1.807) is 42.5 Å². The van der Waals surface area contributed by atoms with Gasteiger partial charge in [0.2, 0.25) is 0 Å². The normalized spacial score (nSPS) is 10.9. The molecule has 5 nitrogen and oxygen atoms in total. The molecule has 0 aliphatic rings. The zero-order valence-corrected chi connectivity index (χ0v) is 19.9. The predicted molar refractivity (Wildman–Crippen MR) is 131 cm³/mol. The Bertz CT molecular complexity index is 1220. The van der Waals surface area contributed by atoms with Gasteiger partial charge in [0.05, 0.1) is 18.2 Å². The molecule has 3 rings (SSSR count). The average molecular weight is 530 g/mol. The number of hydrogen-bond acceptors (Lipinski definition) is 4. The molecule has 0 aromatic heterocycles. The van der Waals surface area contributed by atoms with E-state index in [-0.39, 0.29) is 6.61 Å². The smallest absolute Gasteiger partial charge is 0.262 e. The molecule has 0 fully saturated rings. The van der Waals surface area contributed by atoms with E-state index in [9.17, 15) is 14.4 Å². The molecule has 0 bridgehead atoms. The Balaban J connectivity index is 1.82. The van der Waals surface area contributed by atoms with E-state index in [2.05, 4.69) is 27.3 Å². The summed E-state index contributed by atoms with van der Waals surface area (Å²) in [5.74, 6) is -0.0299. The van der Waals surface area contributed by atoms with Crippen LogP contribution in [0.1, 0.15) is 18.1 Å². The van der Waals surface area contributed by atoms with Crippen LogP contribution in [-0.2, 0) is 4.79 Å². The number of amides is 1. The summed E-state index contributed by atoms with van der Waals surface area (Å²) < 4.78 is 25.0. The summed E-state index contributed by atoms with van der Waals surface area (Å²) in [6.07, 6.45) is 1.69. The van der Waals surface area contributed by atoms with Crippen LogP contribution in [0.3, 0.4) is 0 Å². The fourth-order valence-corrected chi connectivity index (χ4v) is 3.60. The van der Waals surface area contributed by atoms with Crippen LogP contribution in [0.15, 0.2) is 65.1 Å². The molecule has 0 aliphatic heterocycles. The van der Waals surface area contributed by atoms with Gasteiger partial charge in [0.25, 0.3) is 5.91 Å². The monoisotopic (exact) mass is 528 g/mol. The highest BCUT2D eigenvalue weighted by Gasteiger charge is 2.14. The van der Waals surface area contributed by atoms with Crippen molar-refractivity contribution in [2.45, 2.75) is 6.92 Å². The minimum atomic E-state index is -0.408. The number of ether oxygens (including phenoxy) is 2. The number of anilines is 1. The molecule has 1 amide bonds. The van der Waals surface area contributed by atoms with E-state index >= 15 is 0 Å². The van der Waals surface area contributed by atoms with Crippen LogP contribution >= 0.6 is 27.5 Å². The van der Waals surface area contributed by atoms with Gasteiger partial charge in [-0.05, 0) is 61.0 Å². The summed E-state index contributed by atoms with van der Waals surface area (Å²) in [5.41, 5.74) is 2.14. The highest BCUT2D eigenvalue weighted by Crippen LogP contribution is 2.36. The van der Waals surface area contributed by atoms with Gasteiger partial charge in [-0.3, -0.25) is 4.79 Å². The van der Waals surface area contributed by atoms with Crippen molar-refractivity contribution >= 4 is 50.8 Å². The number of benzene rings is 3. The van der Waals surface area contributed by atoms with Gasteiger partial charge >= 0.3 is 0 Å². The number of allylic oxidation sites excluding steroid dienone is 1. The van der Waals surface area contributed by atoms with Crippen LogP contribution in [0.5, 0.6) is 11.5 Å². The summed E-state index contributed by atoms with van der Waals surface area (Å²) in [5, 5.41) is 12.8. The molecule has 1 N–H and O–H groups in total. The molecular weight excluding hydrogens is 511 g/mol. The Morgan fingerprint density at radius 2 is 1.85 bits per heavy atom. The quantitative estimate of drug-likeness (QED) is 0.260. The third-order valence-electron chi connectivity index (χ3n) is 4.43. The minimum Gasteiger partial charge on any atom is -0.490 e. The maximum Gasteiger partial charge on any atom is 0.262 e. The van der Waals surface area contributed by atoms with Gasteiger partial charge in [0.15, 0.2) is 18.1 Å². The first kappa shape index (κ1) is 24.3. The number of rotatable bonds is 8. The van der Waals surface area contributed by atoms with Crippen molar-refractivity contribution in [2.75, 3.05) is 18.5 Å². The molecule has 3 aromatic carbocycles. The van der Waals surface area contributed by atoms with Crippen molar-refractivity contribution in [1.82, 2.24) is 0 Å². The molecule has 0 aliphatic carbocycles. The van der Waals surface area contributed by atoms with Crippen molar-refractivity contribution < 1.29 is 18.7 Å². The molecule has 3 aromatic rings. The van der Waals surface area contributed by atoms with Crippen LogP contribution in [0, 0.1) is 17.1 Å². The Kier molecular flexibility index (Phi) is 8.47. The van der Waals surface area contributed by atoms with E-state index in [4.69, 9.17) is 21.1 Å². The first-order chi connectivity index (χ1) is 15.9. The molecule has 8 heteroatoms. The third kappa shape index (κ3) is 6.58. The lowest BCUT2D eigenvalue weighted by molar-refractivity contribution is -0.118. The predicted octanol–water partition coefficient (Wildman–Crippen LogP) is 6.72. The Morgan fingerprint density at radius 1 is 1.15 bits per heavy atom. The van der Waals surface area contributed by atoms with Gasteiger partial charge in [0.1, 0.15) is 5.82 Å². The first-order valence-corrected chi connectivity index (χ1v) is 11.1. The Hall–Kier alpha value is -3.34. The van der Waals surface area contributed by atoms with E-state index < -0.39 is 11.7 Å². The second-order valence-corrected chi connectivity index (χ2v) is 8.01. The molecule has 0 spiro atoms.